The molecule has 0 heterocycles. The molecule has 0 spiro atoms. The molecule has 0 saturated carbocycles. The lowest BCUT2D eigenvalue weighted by molar-refractivity contribution is 0.482. The van der Waals surface area contributed by atoms with Crippen LogP contribution in [0.5, 0.6) is 0 Å². The molecule has 0 aromatic carbocycles. The summed E-state index contributed by atoms with van der Waals surface area (Å²) >= 11 is 0. The zero-order valence-electron chi connectivity index (χ0n) is 9.29. The number of hydrogen-bond donors (Lipinski definition) is 3. The average molecular weight is 223 g/mol. The average Bonchev–Trinajstić information content (AvgIpc) is 1.78. The molecule has 1 atom stereocenters. The molecule has 1 unspecified atom stereocenters. The molecule has 0 amide bonds. The number of nitrogens with one attached hydrogen (secondary N) is 2. The van der Waals surface area contributed by atoms with Crippen molar-refractivity contribution in [2.75, 3.05) is 6.54 Å². The summed E-state index contributed by atoms with van der Waals surface area (Å²) in [5.74, 6) is 0. The largest absolute Gasteiger partial charge is 0.328 e. The van der Waals surface area contributed by atoms with E-state index in [0.29, 0.717) is 13.0 Å². The molecule has 6 heteroatoms. The highest BCUT2D eigenvalue weighted by molar-refractivity contribution is 7.87. The van der Waals surface area contributed by atoms with Gasteiger partial charge < -0.3 is 5.73 Å². The Morgan fingerprint density at radius 2 is 1.86 bits per heavy atom. The third kappa shape index (κ3) is 8.43. The molecule has 0 radical (unpaired) electrons. The van der Waals surface area contributed by atoms with Crippen molar-refractivity contribution in [3.8, 4) is 0 Å². The maximum absolute atomic E-state index is 11.4. The first-order chi connectivity index (χ1) is 6.12. The third-order valence-corrected chi connectivity index (χ3v) is 2.80. The number of rotatable bonds is 5. The van der Waals surface area contributed by atoms with E-state index < -0.39 is 15.7 Å². The predicted octanol–water partition coefficient (Wildman–Crippen LogP) is -0.0538. The quantitative estimate of drug-likeness (QED) is 0.611. The molecule has 0 aliphatic heterocycles. The van der Waals surface area contributed by atoms with Crippen LogP contribution >= 0.6 is 0 Å². The van der Waals surface area contributed by atoms with Gasteiger partial charge in [0.15, 0.2) is 0 Å². The summed E-state index contributed by atoms with van der Waals surface area (Å²) in [6, 6.07) is 0.00679. The van der Waals surface area contributed by atoms with Crippen LogP contribution in [0.3, 0.4) is 0 Å². The topological polar surface area (TPSA) is 84.2 Å². The molecular weight excluding hydrogens is 202 g/mol. The van der Waals surface area contributed by atoms with Gasteiger partial charge in [-0.25, -0.2) is 4.72 Å². The SMILES string of the molecule is CC(N)CCNS(=O)(=O)NC(C)(C)C. The highest BCUT2D eigenvalue weighted by atomic mass is 32.2. The standard InChI is InChI=1S/C8H21N3O2S/c1-7(9)5-6-10-14(12,13)11-8(2,3)4/h7,10-11H,5-6,9H2,1-4H3. The first-order valence-corrected chi connectivity index (χ1v) is 6.15. The normalized spacial score (nSPS) is 15.5. The second kappa shape index (κ2) is 5.06. The van der Waals surface area contributed by atoms with Crippen molar-refractivity contribution in [1.82, 2.24) is 9.44 Å². The van der Waals surface area contributed by atoms with Crippen LogP contribution in [0.2, 0.25) is 0 Å². The molecule has 0 aromatic heterocycles. The summed E-state index contributed by atoms with van der Waals surface area (Å²) in [5, 5.41) is 0. The van der Waals surface area contributed by atoms with Crippen molar-refractivity contribution < 1.29 is 8.42 Å². The summed E-state index contributed by atoms with van der Waals surface area (Å²) in [6.07, 6.45) is 0.630. The number of hydrogen-bond acceptors (Lipinski definition) is 3. The molecule has 0 saturated heterocycles. The summed E-state index contributed by atoms with van der Waals surface area (Å²) in [7, 11) is -3.39. The van der Waals surface area contributed by atoms with Gasteiger partial charge in [-0.15, -0.1) is 0 Å². The predicted molar refractivity (Wildman–Crippen MR) is 58.1 cm³/mol. The summed E-state index contributed by atoms with van der Waals surface area (Å²) in [4.78, 5) is 0. The Morgan fingerprint density at radius 1 is 1.36 bits per heavy atom. The second-order valence-electron chi connectivity index (χ2n) is 4.52. The summed E-state index contributed by atoms with van der Waals surface area (Å²) in [5.41, 5.74) is 5.04. The van der Waals surface area contributed by atoms with Crippen LogP contribution in [-0.4, -0.2) is 26.5 Å². The molecule has 14 heavy (non-hydrogen) atoms. The van der Waals surface area contributed by atoms with Gasteiger partial charge in [0.2, 0.25) is 0 Å². The van der Waals surface area contributed by atoms with E-state index in [2.05, 4.69) is 9.44 Å². The Morgan fingerprint density at radius 3 is 2.21 bits per heavy atom. The lowest BCUT2D eigenvalue weighted by atomic mass is 10.1. The molecule has 5 nitrogen and oxygen atoms in total. The zero-order valence-corrected chi connectivity index (χ0v) is 10.1. The van der Waals surface area contributed by atoms with Crippen molar-refractivity contribution in [1.29, 1.82) is 0 Å². The summed E-state index contributed by atoms with van der Waals surface area (Å²) < 4.78 is 27.6. The zero-order chi connectivity index (χ0) is 11.4. The van der Waals surface area contributed by atoms with Crippen LogP contribution in [0.4, 0.5) is 0 Å². The first-order valence-electron chi connectivity index (χ1n) is 4.66. The van der Waals surface area contributed by atoms with Crippen molar-refractivity contribution in [3.63, 3.8) is 0 Å². The summed E-state index contributed by atoms with van der Waals surface area (Å²) in [6.45, 7) is 7.57. The van der Waals surface area contributed by atoms with E-state index in [9.17, 15) is 8.42 Å². The first kappa shape index (κ1) is 13.8. The van der Waals surface area contributed by atoms with Gasteiger partial charge in [0.25, 0.3) is 10.2 Å². The molecular formula is C8H21N3O2S. The van der Waals surface area contributed by atoms with Crippen LogP contribution in [0.25, 0.3) is 0 Å². The van der Waals surface area contributed by atoms with E-state index in [0.717, 1.165) is 0 Å². The van der Waals surface area contributed by atoms with Crippen LogP contribution in [0.1, 0.15) is 34.1 Å². The fourth-order valence-electron chi connectivity index (χ4n) is 0.860. The lowest BCUT2D eigenvalue weighted by Gasteiger charge is -2.20. The Balaban J connectivity index is 3.98. The smallest absolute Gasteiger partial charge is 0.277 e. The molecule has 0 aliphatic rings. The fraction of sp³-hybridized carbons (Fsp3) is 1.00. The van der Waals surface area contributed by atoms with Gasteiger partial charge in [0, 0.05) is 18.1 Å². The molecule has 0 fully saturated rings. The van der Waals surface area contributed by atoms with Gasteiger partial charge in [-0.3, -0.25) is 0 Å². The van der Waals surface area contributed by atoms with Crippen LogP contribution in [0, 0.1) is 0 Å². The molecule has 0 rings (SSSR count). The minimum atomic E-state index is -3.39. The highest BCUT2D eigenvalue weighted by Crippen LogP contribution is 2.00. The van der Waals surface area contributed by atoms with E-state index >= 15 is 0 Å². The van der Waals surface area contributed by atoms with Crippen LogP contribution in [0.15, 0.2) is 0 Å². The van der Waals surface area contributed by atoms with Gasteiger partial charge in [-0.1, -0.05) is 0 Å². The Labute approximate surface area is 86.6 Å². The van der Waals surface area contributed by atoms with Crippen molar-refractivity contribution >= 4 is 10.2 Å². The van der Waals surface area contributed by atoms with E-state index in [-0.39, 0.29) is 6.04 Å². The molecule has 0 bridgehead atoms. The second-order valence-corrected chi connectivity index (χ2v) is 6.02. The molecule has 4 N–H and O–H groups in total. The molecule has 86 valence electrons. The van der Waals surface area contributed by atoms with Gasteiger partial charge in [0.1, 0.15) is 0 Å². The van der Waals surface area contributed by atoms with Gasteiger partial charge >= 0.3 is 0 Å². The molecule has 0 aromatic rings. The maximum Gasteiger partial charge on any atom is 0.277 e. The number of nitrogens with two attached hydrogens (primary N) is 1. The monoisotopic (exact) mass is 223 g/mol. The van der Waals surface area contributed by atoms with E-state index in [1.54, 1.807) is 20.8 Å². The third-order valence-electron chi connectivity index (χ3n) is 1.33. The fourth-order valence-corrected chi connectivity index (χ4v) is 2.13. The van der Waals surface area contributed by atoms with E-state index in [4.69, 9.17) is 5.73 Å². The maximum atomic E-state index is 11.4. The van der Waals surface area contributed by atoms with Crippen molar-refractivity contribution in [2.24, 2.45) is 5.73 Å². The van der Waals surface area contributed by atoms with Gasteiger partial charge in [0.05, 0.1) is 0 Å². The Kier molecular flexibility index (Phi) is 5.00. The Hall–Kier alpha value is -0.170. The minimum Gasteiger partial charge on any atom is -0.328 e. The van der Waals surface area contributed by atoms with Crippen LogP contribution in [-0.2, 0) is 10.2 Å². The minimum absolute atomic E-state index is 0.00679. The van der Waals surface area contributed by atoms with E-state index in [1.807, 2.05) is 6.92 Å². The van der Waals surface area contributed by atoms with Gasteiger partial charge in [-0.2, -0.15) is 13.1 Å². The van der Waals surface area contributed by atoms with E-state index in [1.165, 1.54) is 0 Å². The van der Waals surface area contributed by atoms with Crippen molar-refractivity contribution in [2.45, 2.75) is 45.7 Å². The van der Waals surface area contributed by atoms with Crippen molar-refractivity contribution in [3.05, 3.63) is 0 Å². The Bertz CT molecular complexity index is 254. The highest BCUT2D eigenvalue weighted by Gasteiger charge is 2.18. The van der Waals surface area contributed by atoms with Crippen LogP contribution < -0.4 is 15.2 Å². The lowest BCUT2D eigenvalue weighted by Crippen LogP contribution is -2.47. The molecule has 0 aliphatic carbocycles. The van der Waals surface area contributed by atoms with Gasteiger partial charge in [-0.05, 0) is 34.1 Å².